The fourth-order valence-electron chi connectivity index (χ4n) is 3.51. The second-order valence-electron chi connectivity index (χ2n) is 7.69. The van der Waals surface area contributed by atoms with Gasteiger partial charge in [0.2, 0.25) is 0 Å². The van der Waals surface area contributed by atoms with E-state index in [2.05, 4.69) is 34.6 Å². The van der Waals surface area contributed by atoms with Gasteiger partial charge in [-0.3, -0.25) is 15.0 Å². The molecule has 0 atom stereocenters. The Balaban J connectivity index is 1.37. The highest BCUT2D eigenvalue weighted by molar-refractivity contribution is 6.04. The number of hydrogen-bond acceptors (Lipinski definition) is 4. The Morgan fingerprint density at radius 1 is 1.03 bits per heavy atom. The molecule has 0 bridgehead atoms. The molecule has 6 heteroatoms. The van der Waals surface area contributed by atoms with E-state index in [4.69, 9.17) is 4.74 Å². The van der Waals surface area contributed by atoms with Crippen molar-refractivity contribution in [3.8, 4) is 5.75 Å². The van der Waals surface area contributed by atoms with Gasteiger partial charge < -0.3 is 10.1 Å². The van der Waals surface area contributed by atoms with Gasteiger partial charge in [-0.05, 0) is 49.1 Å². The van der Waals surface area contributed by atoms with Crippen molar-refractivity contribution in [1.82, 2.24) is 15.5 Å². The number of amides is 3. The lowest BCUT2D eigenvalue weighted by molar-refractivity contribution is 0.0961. The predicted octanol–water partition coefficient (Wildman–Crippen LogP) is 3.97. The van der Waals surface area contributed by atoms with Gasteiger partial charge in [-0.2, -0.15) is 0 Å². The number of rotatable bonds is 8. The molecule has 0 radical (unpaired) electrons. The second kappa shape index (κ2) is 11.4. The summed E-state index contributed by atoms with van der Waals surface area (Å²) >= 11 is 0. The van der Waals surface area contributed by atoms with Crippen molar-refractivity contribution in [2.45, 2.75) is 45.2 Å². The number of ether oxygens (including phenoxy) is 1. The van der Waals surface area contributed by atoms with Crippen molar-refractivity contribution < 1.29 is 14.3 Å². The number of carbonyl (C=O) groups is 2. The van der Waals surface area contributed by atoms with Crippen LogP contribution in [0.2, 0.25) is 0 Å². The van der Waals surface area contributed by atoms with Gasteiger partial charge in [-0.1, -0.05) is 43.7 Å². The Morgan fingerprint density at radius 2 is 1.73 bits per heavy atom. The second-order valence-corrected chi connectivity index (χ2v) is 7.69. The molecule has 0 aliphatic carbocycles. The fourth-order valence-corrected chi connectivity index (χ4v) is 3.51. The number of imide groups is 1. The third-order valence-corrected chi connectivity index (χ3v) is 5.28. The molecule has 0 unspecified atom stereocenters. The molecule has 1 aliphatic heterocycles. The predicted molar refractivity (Wildman–Crippen MR) is 118 cm³/mol. The maximum absolute atomic E-state index is 12.1. The van der Waals surface area contributed by atoms with Crippen LogP contribution in [0.25, 0.3) is 0 Å². The van der Waals surface area contributed by atoms with Crippen LogP contribution in [0.1, 0.15) is 48.5 Å². The summed E-state index contributed by atoms with van der Waals surface area (Å²) in [6.45, 7) is 5.63. The van der Waals surface area contributed by atoms with E-state index in [-0.39, 0.29) is 11.9 Å². The van der Waals surface area contributed by atoms with Gasteiger partial charge in [0.15, 0.2) is 0 Å². The number of carbonyl (C=O) groups excluding carboxylic acids is 2. The van der Waals surface area contributed by atoms with Crippen LogP contribution in [-0.4, -0.2) is 42.6 Å². The normalized spacial score (nSPS) is 14.8. The average Bonchev–Trinajstić information content (AvgIpc) is 2.77. The summed E-state index contributed by atoms with van der Waals surface area (Å²) in [6.07, 6.45) is 3.94. The Bertz CT molecular complexity index is 800. The van der Waals surface area contributed by atoms with Crippen LogP contribution in [0.4, 0.5) is 4.79 Å². The standard InChI is InChI=1S/C24H31N3O3/c1-2-3-17-30-22-11-9-19(10-12-22)18-27-15-13-21(14-16-27)25-24(29)26-23(28)20-7-5-4-6-8-20/h4-12,21H,2-3,13-18H2,1H3,(H2,25,26,28,29). The maximum Gasteiger partial charge on any atom is 0.321 e. The summed E-state index contributed by atoms with van der Waals surface area (Å²) in [7, 11) is 0. The van der Waals surface area contributed by atoms with Gasteiger partial charge in [0.25, 0.3) is 5.91 Å². The van der Waals surface area contributed by atoms with Crippen LogP contribution in [-0.2, 0) is 6.54 Å². The van der Waals surface area contributed by atoms with Crippen molar-refractivity contribution in [2.24, 2.45) is 0 Å². The van der Waals surface area contributed by atoms with Crippen LogP contribution >= 0.6 is 0 Å². The highest BCUT2D eigenvalue weighted by Gasteiger charge is 2.21. The van der Waals surface area contributed by atoms with E-state index in [9.17, 15) is 9.59 Å². The minimum Gasteiger partial charge on any atom is -0.494 e. The number of likely N-dealkylation sites (tertiary alicyclic amines) is 1. The minimum absolute atomic E-state index is 0.0826. The smallest absolute Gasteiger partial charge is 0.321 e. The number of hydrogen-bond donors (Lipinski definition) is 2. The van der Waals surface area contributed by atoms with E-state index in [0.717, 1.165) is 57.7 Å². The zero-order valence-corrected chi connectivity index (χ0v) is 17.6. The lowest BCUT2D eigenvalue weighted by Gasteiger charge is -2.32. The minimum atomic E-state index is -0.430. The first kappa shape index (κ1) is 21.8. The zero-order chi connectivity index (χ0) is 21.2. The van der Waals surface area contributed by atoms with Gasteiger partial charge in [-0.25, -0.2) is 4.79 Å². The Kier molecular flexibility index (Phi) is 8.27. The van der Waals surface area contributed by atoms with Gasteiger partial charge in [0, 0.05) is 31.2 Å². The summed E-state index contributed by atoms with van der Waals surface area (Å²) < 4.78 is 5.71. The number of nitrogens with zero attached hydrogens (tertiary/aromatic N) is 1. The molecule has 0 spiro atoms. The topological polar surface area (TPSA) is 70.7 Å². The van der Waals surface area contributed by atoms with Gasteiger partial charge >= 0.3 is 6.03 Å². The zero-order valence-electron chi connectivity index (χ0n) is 17.6. The first-order chi connectivity index (χ1) is 14.6. The lowest BCUT2D eigenvalue weighted by Crippen LogP contribution is -2.49. The number of nitrogens with one attached hydrogen (secondary N) is 2. The molecule has 2 aromatic carbocycles. The molecule has 0 saturated carbocycles. The Morgan fingerprint density at radius 3 is 2.40 bits per heavy atom. The molecule has 3 rings (SSSR count). The molecular weight excluding hydrogens is 378 g/mol. The van der Waals surface area contributed by atoms with Crippen molar-refractivity contribution in [2.75, 3.05) is 19.7 Å². The molecule has 30 heavy (non-hydrogen) atoms. The largest absolute Gasteiger partial charge is 0.494 e. The molecule has 2 aromatic rings. The van der Waals surface area contributed by atoms with Crippen LogP contribution < -0.4 is 15.4 Å². The van der Waals surface area contributed by atoms with Crippen molar-refractivity contribution in [3.63, 3.8) is 0 Å². The van der Waals surface area contributed by atoms with E-state index >= 15 is 0 Å². The van der Waals surface area contributed by atoms with E-state index in [1.165, 1.54) is 5.56 Å². The highest BCUT2D eigenvalue weighted by Crippen LogP contribution is 2.17. The molecule has 6 nitrogen and oxygen atoms in total. The van der Waals surface area contributed by atoms with Gasteiger partial charge in [-0.15, -0.1) is 0 Å². The molecule has 1 fully saturated rings. The number of unbranched alkanes of at least 4 members (excludes halogenated alkanes) is 1. The summed E-state index contributed by atoms with van der Waals surface area (Å²) in [5.41, 5.74) is 1.74. The number of piperidine rings is 1. The molecule has 1 heterocycles. The third kappa shape index (κ3) is 6.88. The summed E-state index contributed by atoms with van der Waals surface area (Å²) in [6, 6.07) is 16.7. The first-order valence-electron chi connectivity index (χ1n) is 10.7. The van der Waals surface area contributed by atoms with Gasteiger partial charge in [0.05, 0.1) is 6.61 Å². The molecule has 160 valence electrons. The van der Waals surface area contributed by atoms with E-state index in [1.807, 2.05) is 18.2 Å². The first-order valence-corrected chi connectivity index (χ1v) is 10.7. The Labute approximate surface area is 178 Å². The number of benzene rings is 2. The van der Waals surface area contributed by atoms with Crippen molar-refractivity contribution in [3.05, 3.63) is 65.7 Å². The van der Waals surface area contributed by atoms with Crippen LogP contribution in [0.5, 0.6) is 5.75 Å². The Hall–Kier alpha value is -2.86. The fraction of sp³-hybridized carbons (Fsp3) is 0.417. The van der Waals surface area contributed by atoms with Crippen molar-refractivity contribution >= 4 is 11.9 Å². The monoisotopic (exact) mass is 409 g/mol. The van der Waals surface area contributed by atoms with Crippen LogP contribution in [0, 0.1) is 0 Å². The van der Waals surface area contributed by atoms with Crippen LogP contribution in [0.15, 0.2) is 54.6 Å². The van der Waals surface area contributed by atoms with Gasteiger partial charge in [0.1, 0.15) is 5.75 Å². The summed E-state index contributed by atoms with van der Waals surface area (Å²) in [5.74, 6) is 0.541. The van der Waals surface area contributed by atoms with Crippen LogP contribution in [0.3, 0.4) is 0 Å². The summed E-state index contributed by atoms with van der Waals surface area (Å²) in [4.78, 5) is 26.6. The molecular formula is C24H31N3O3. The quantitative estimate of drug-likeness (QED) is 0.647. The summed E-state index contributed by atoms with van der Waals surface area (Å²) in [5, 5.41) is 5.33. The van der Waals surface area contributed by atoms with E-state index < -0.39 is 6.03 Å². The van der Waals surface area contributed by atoms with Crippen molar-refractivity contribution in [1.29, 1.82) is 0 Å². The third-order valence-electron chi connectivity index (χ3n) is 5.28. The molecule has 0 aromatic heterocycles. The van der Waals surface area contributed by atoms with E-state index in [1.54, 1.807) is 24.3 Å². The molecule has 1 aliphatic rings. The molecule has 3 amide bonds. The molecule has 1 saturated heterocycles. The van der Waals surface area contributed by atoms with E-state index in [0.29, 0.717) is 5.56 Å². The lowest BCUT2D eigenvalue weighted by atomic mass is 10.0. The highest BCUT2D eigenvalue weighted by atomic mass is 16.5. The average molecular weight is 410 g/mol. The number of urea groups is 1. The molecule has 2 N–H and O–H groups in total. The maximum atomic E-state index is 12.1. The SMILES string of the molecule is CCCCOc1ccc(CN2CCC(NC(=O)NC(=O)c3ccccc3)CC2)cc1.